The molecule has 0 fully saturated rings. The van der Waals surface area contributed by atoms with Crippen molar-refractivity contribution in [3.05, 3.63) is 118 Å². The number of rotatable bonds is 6. The highest BCUT2D eigenvalue weighted by Gasteiger charge is 2.07. The summed E-state index contributed by atoms with van der Waals surface area (Å²) in [5.41, 5.74) is 6.51. The predicted octanol–water partition coefficient (Wildman–Crippen LogP) is 7.81. The highest BCUT2D eigenvalue weighted by atomic mass is 19.1. The Balaban J connectivity index is 1.46. The van der Waals surface area contributed by atoms with Gasteiger partial charge in [0.2, 0.25) is 0 Å². The van der Waals surface area contributed by atoms with Crippen molar-refractivity contribution in [3.8, 4) is 11.8 Å². The molecule has 0 aromatic heterocycles. The zero-order valence-electron chi connectivity index (χ0n) is 18.9. The first kappa shape index (κ1) is 21.8. The second kappa shape index (κ2) is 10.3. The Labute approximate surface area is 191 Å². The number of fused-ring (bicyclic) bond motifs is 1. The molecule has 0 amide bonds. The first-order chi connectivity index (χ1) is 15.6. The molecule has 0 N–H and O–H groups in total. The number of unbranched alkanes of at least 4 members (excludes halogenated alkanes) is 1. The monoisotopic (exact) mass is 420 g/mol. The van der Waals surface area contributed by atoms with Crippen LogP contribution in [0.2, 0.25) is 0 Å². The van der Waals surface area contributed by atoms with Gasteiger partial charge in [-0.3, -0.25) is 0 Å². The fraction of sp³-hybridized carbons (Fsp3) is 0.226. The van der Waals surface area contributed by atoms with Crippen LogP contribution in [0.1, 0.15) is 53.1 Å². The molecule has 4 aromatic carbocycles. The summed E-state index contributed by atoms with van der Waals surface area (Å²) in [6.07, 6.45) is 5.56. The van der Waals surface area contributed by atoms with E-state index in [0.29, 0.717) is 10.9 Å². The molecule has 0 unspecified atom stereocenters. The average molecular weight is 421 g/mol. The molecule has 0 bridgehead atoms. The molecule has 0 heterocycles. The molecule has 0 aliphatic carbocycles. The maximum atomic E-state index is 15.0. The van der Waals surface area contributed by atoms with E-state index in [2.05, 4.69) is 49.1 Å². The SMILES string of the molecule is CCCCc1ccc(CCc2ccc3c(F)c(C#Cc4ccc(C)cc4)ccc3c2)cc1. The van der Waals surface area contributed by atoms with Crippen LogP contribution >= 0.6 is 0 Å². The highest BCUT2D eigenvalue weighted by molar-refractivity contribution is 5.85. The van der Waals surface area contributed by atoms with Crippen molar-refractivity contribution in [2.45, 2.75) is 46.0 Å². The maximum Gasteiger partial charge on any atom is 0.146 e. The molecule has 0 aliphatic rings. The molecule has 0 spiro atoms. The minimum absolute atomic E-state index is 0.240. The van der Waals surface area contributed by atoms with Crippen LogP contribution in [0.5, 0.6) is 0 Å². The van der Waals surface area contributed by atoms with Crippen LogP contribution in [0.4, 0.5) is 4.39 Å². The van der Waals surface area contributed by atoms with Crippen molar-refractivity contribution in [3.63, 3.8) is 0 Å². The van der Waals surface area contributed by atoms with E-state index in [4.69, 9.17) is 0 Å². The van der Waals surface area contributed by atoms with Crippen LogP contribution in [-0.2, 0) is 19.3 Å². The average Bonchev–Trinajstić information content (AvgIpc) is 2.82. The predicted molar refractivity (Wildman–Crippen MR) is 134 cm³/mol. The molecule has 1 heteroatoms. The Bertz CT molecular complexity index is 1250. The smallest absolute Gasteiger partial charge is 0.146 e. The van der Waals surface area contributed by atoms with Gasteiger partial charge < -0.3 is 0 Å². The van der Waals surface area contributed by atoms with E-state index in [1.807, 2.05) is 49.4 Å². The van der Waals surface area contributed by atoms with E-state index in [9.17, 15) is 0 Å². The molecule has 0 atom stereocenters. The molecule has 32 heavy (non-hydrogen) atoms. The Hall–Kier alpha value is -3.37. The van der Waals surface area contributed by atoms with Gasteiger partial charge in [0.1, 0.15) is 5.82 Å². The van der Waals surface area contributed by atoms with Crippen molar-refractivity contribution in [2.24, 2.45) is 0 Å². The Morgan fingerprint density at radius 2 is 1.34 bits per heavy atom. The molecule has 0 radical (unpaired) electrons. The number of aryl methyl sites for hydroxylation is 4. The number of halogens is 1. The summed E-state index contributed by atoms with van der Waals surface area (Å²) in [6, 6.07) is 26.7. The zero-order valence-corrected chi connectivity index (χ0v) is 18.9. The lowest BCUT2D eigenvalue weighted by molar-refractivity contribution is 0.636. The van der Waals surface area contributed by atoms with Gasteiger partial charge in [-0.15, -0.1) is 0 Å². The Morgan fingerprint density at radius 1 is 0.688 bits per heavy atom. The molecular formula is C31H29F. The molecule has 160 valence electrons. The van der Waals surface area contributed by atoms with Crippen LogP contribution in [0.3, 0.4) is 0 Å². The Kier molecular flexibility index (Phi) is 7.03. The molecule has 4 aromatic rings. The zero-order chi connectivity index (χ0) is 22.3. The quantitative estimate of drug-likeness (QED) is 0.279. The number of benzene rings is 4. The summed E-state index contributed by atoms with van der Waals surface area (Å²) in [7, 11) is 0. The van der Waals surface area contributed by atoms with Crippen molar-refractivity contribution < 1.29 is 4.39 Å². The minimum atomic E-state index is -0.240. The van der Waals surface area contributed by atoms with E-state index < -0.39 is 0 Å². The van der Waals surface area contributed by atoms with Crippen molar-refractivity contribution in [1.82, 2.24) is 0 Å². The first-order valence-electron chi connectivity index (χ1n) is 11.5. The topological polar surface area (TPSA) is 0 Å². The molecule has 0 nitrogen and oxygen atoms in total. The lowest BCUT2D eigenvalue weighted by atomic mass is 9.98. The van der Waals surface area contributed by atoms with Crippen LogP contribution in [0, 0.1) is 24.6 Å². The fourth-order valence-corrected chi connectivity index (χ4v) is 3.91. The van der Waals surface area contributed by atoms with Crippen LogP contribution in [-0.4, -0.2) is 0 Å². The van der Waals surface area contributed by atoms with Crippen molar-refractivity contribution in [1.29, 1.82) is 0 Å². The van der Waals surface area contributed by atoms with Gasteiger partial charge in [-0.2, -0.15) is 0 Å². The molecule has 4 rings (SSSR count). The first-order valence-corrected chi connectivity index (χ1v) is 11.5. The molecular weight excluding hydrogens is 391 g/mol. The van der Waals surface area contributed by atoms with Crippen LogP contribution in [0.25, 0.3) is 10.8 Å². The van der Waals surface area contributed by atoms with Gasteiger partial charge in [0.15, 0.2) is 0 Å². The minimum Gasteiger partial charge on any atom is -0.205 e. The van der Waals surface area contributed by atoms with Crippen LogP contribution < -0.4 is 0 Å². The Morgan fingerprint density at radius 3 is 2.06 bits per heavy atom. The van der Waals surface area contributed by atoms with Crippen LogP contribution in [0.15, 0.2) is 78.9 Å². The number of hydrogen-bond donors (Lipinski definition) is 0. The van der Waals surface area contributed by atoms with E-state index in [1.54, 1.807) is 6.07 Å². The van der Waals surface area contributed by atoms with E-state index in [1.165, 1.54) is 35.1 Å². The normalized spacial score (nSPS) is 10.7. The van der Waals surface area contributed by atoms with Gasteiger partial charge in [-0.05, 0) is 72.9 Å². The molecule has 0 saturated heterocycles. The van der Waals surface area contributed by atoms with Gasteiger partial charge in [0.05, 0.1) is 5.56 Å². The number of hydrogen-bond acceptors (Lipinski definition) is 0. The third-order valence-corrected chi connectivity index (χ3v) is 5.96. The molecule has 0 aliphatic heterocycles. The highest BCUT2D eigenvalue weighted by Crippen LogP contribution is 2.23. The van der Waals surface area contributed by atoms with Gasteiger partial charge >= 0.3 is 0 Å². The largest absolute Gasteiger partial charge is 0.205 e. The van der Waals surface area contributed by atoms with E-state index in [-0.39, 0.29) is 5.82 Å². The lowest BCUT2D eigenvalue weighted by Crippen LogP contribution is -1.94. The summed E-state index contributed by atoms with van der Waals surface area (Å²) in [4.78, 5) is 0. The van der Waals surface area contributed by atoms with Gasteiger partial charge in [-0.1, -0.05) is 91.4 Å². The third kappa shape index (κ3) is 5.45. The van der Waals surface area contributed by atoms with Crippen molar-refractivity contribution >= 4 is 10.8 Å². The van der Waals surface area contributed by atoms with Crippen molar-refractivity contribution in [2.75, 3.05) is 0 Å². The summed E-state index contributed by atoms with van der Waals surface area (Å²) in [5.74, 6) is 5.82. The third-order valence-electron chi connectivity index (χ3n) is 5.96. The summed E-state index contributed by atoms with van der Waals surface area (Å²) >= 11 is 0. The standard InChI is InChI=1S/C31H29F/c1-3-4-5-24-10-12-26(13-11-24)14-15-27-17-21-30-29(22-27)20-19-28(31(30)32)18-16-25-8-6-23(2)7-9-25/h6-13,17,19-22H,3-5,14-15H2,1-2H3. The summed E-state index contributed by atoms with van der Waals surface area (Å²) < 4.78 is 15.0. The molecule has 0 saturated carbocycles. The second-order valence-electron chi connectivity index (χ2n) is 8.52. The summed E-state index contributed by atoms with van der Waals surface area (Å²) in [6.45, 7) is 4.27. The summed E-state index contributed by atoms with van der Waals surface area (Å²) in [5, 5.41) is 1.56. The second-order valence-corrected chi connectivity index (χ2v) is 8.52. The van der Waals surface area contributed by atoms with Gasteiger partial charge in [0.25, 0.3) is 0 Å². The van der Waals surface area contributed by atoms with Gasteiger partial charge in [0, 0.05) is 10.9 Å². The van der Waals surface area contributed by atoms with E-state index in [0.717, 1.165) is 30.2 Å². The fourth-order valence-electron chi connectivity index (χ4n) is 3.91. The maximum absolute atomic E-state index is 15.0. The van der Waals surface area contributed by atoms with E-state index >= 15 is 4.39 Å². The van der Waals surface area contributed by atoms with Gasteiger partial charge in [-0.25, -0.2) is 4.39 Å². The lowest BCUT2D eigenvalue weighted by Gasteiger charge is -2.07.